The Hall–Kier alpha value is -0.900. The second kappa shape index (κ2) is 7.63. The standard InChI is InChI=1S/C16H27NO2/c1-13(11-16(2,3)19-4)17-15(12-18)10-14-8-6-5-7-9-14/h5-9,13,15,17-18H,10-12H2,1-4H3/t13?,15-/m1/s1. The van der Waals surface area contributed by atoms with E-state index in [1.807, 2.05) is 18.2 Å². The van der Waals surface area contributed by atoms with Gasteiger partial charge in [-0.2, -0.15) is 0 Å². The van der Waals surface area contributed by atoms with E-state index in [1.165, 1.54) is 5.56 Å². The van der Waals surface area contributed by atoms with Gasteiger partial charge in [0.1, 0.15) is 0 Å². The lowest BCUT2D eigenvalue weighted by Crippen LogP contribution is -2.44. The minimum absolute atomic E-state index is 0.0880. The van der Waals surface area contributed by atoms with E-state index in [4.69, 9.17) is 4.74 Å². The molecular weight excluding hydrogens is 238 g/mol. The molecule has 1 aromatic rings. The number of aliphatic hydroxyl groups is 1. The SMILES string of the molecule is COC(C)(C)CC(C)N[C@@H](CO)Cc1ccccc1. The number of aliphatic hydroxyl groups excluding tert-OH is 1. The molecule has 0 amide bonds. The Kier molecular flexibility index (Phi) is 6.49. The zero-order valence-electron chi connectivity index (χ0n) is 12.5. The molecule has 3 nitrogen and oxygen atoms in total. The molecule has 19 heavy (non-hydrogen) atoms. The third-order valence-corrected chi connectivity index (χ3v) is 3.42. The summed E-state index contributed by atoms with van der Waals surface area (Å²) in [4.78, 5) is 0. The zero-order chi connectivity index (χ0) is 14.3. The molecule has 2 atom stereocenters. The van der Waals surface area contributed by atoms with Crippen LogP contribution < -0.4 is 5.32 Å². The molecule has 0 saturated carbocycles. The molecule has 1 aromatic carbocycles. The van der Waals surface area contributed by atoms with Crippen LogP contribution >= 0.6 is 0 Å². The number of nitrogens with one attached hydrogen (secondary N) is 1. The minimum atomic E-state index is -0.140. The topological polar surface area (TPSA) is 41.5 Å². The van der Waals surface area contributed by atoms with Gasteiger partial charge in [0, 0.05) is 19.2 Å². The van der Waals surface area contributed by atoms with Crippen molar-refractivity contribution in [1.82, 2.24) is 5.32 Å². The Labute approximate surface area is 117 Å². The van der Waals surface area contributed by atoms with Crippen molar-refractivity contribution in [3.8, 4) is 0 Å². The highest BCUT2D eigenvalue weighted by Gasteiger charge is 2.21. The van der Waals surface area contributed by atoms with Crippen LogP contribution in [-0.2, 0) is 11.2 Å². The first kappa shape index (κ1) is 16.2. The first-order chi connectivity index (χ1) is 8.96. The van der Waals surface area contributed by atoms with Gasteiger partial charge >= 0.3 is 0 Å². The Morgan fingerprint density at radius 3 is 2.42 bits per heavy atom. The molecule has 0 spiro atoms. The van der Waals surface area contributed by atoms with Crippen LogP contribution in [0, 0.1) is 0 Å². The molecular formula is C16H27NO2. The van der Waals surface area contributed by atoms with Crippen molar-refractivity contribution in [1.29, 1.82) is 0 Å². The molecule has 0 fully saturated rings. The number of rotatable bonds is 8. The molecule has 0 radical (unpaired) electrons. The monoisotopic (exact) mass is 265 g/mol. The maximum atomic E-state index is 9.50. The Morgan fingerprint density at radius 2 is 1.89 bits per heavy atom. The molecule has 1 rings (SSSR count). The molecule has 0 saturated heterocycles. The number of ether oxygens (including phenoxy) is 1. The first-order valence-electron chi connectivity index (χ1n) is 6.93. The average molecular weight is 265 g/mol. The summed E-state index contributed by atoms with van der Waals surface area (Å²) in [5, 5.41) is 13.0. The van der Waals surface area contributed by atoms with Gasteiger partial charge in [-0.15, -0.1) is 0 Å². The van der Waals surface area contributed by atoms with Crippen molar-refractivity contribution in [2.75, 3.05) is 13.7 Å². The zero-order valence-corrected chi connectivity index (χ0v) is 12.5. The lowest BCUT2D eigenvalue weighted by Gasteiger charge is -2.29. The fraction of sp³-hybridized carbons (Fsp3) is 0.625. The summed E-state index contributed by atoms with van der Waals surface area (Å²) in [5.74, 6) is 0. The summed E-state index contributed by atoms with van der Waals surface area (Å²) < 4.78 is 5.44. The van der Waals surface area contributed by atoms with E-state index in [9.17, 15) is 5.11 Å². The van der Waals surface area contributed by atoms with E-state index in [0.29, 0.717) is 6.04 Å². The van der Waals surface area contributed by atoms with Crippen molar-refractivity contribution in [2.24, 2.45) is 0 Å². The van der Waals surface area contributed by atoms with E-state index in [0.717, 1.165) is 12.8 Å². The number of benzene rings is 1. The van der Waals surface area contributed by atoms with Crippen LogP contribution in [-0.4, -0.2) is 36.5 Å². The van der Waals surface area contributed by atoms with Crippen LogP contribution in [0.2, 0.25) is 0 Å². The van der Waals surface area contributed by atoms with Crippen LogP contribution in [0.1, 0.15) is 32.8 Å². The Morgan fingerprint density at radius 1 is 1.26 bits per heavy atom. The summed E-state index contributed by atoms with van der Waals surface area (Å²) >= 11 is 0. The van der Waals surface area contributed by atoms with Crippen molar-refractivity contribution < 1.29 is 9.84 Å². The Bertz CT molecular complexity index is 351. The maximum Gasteiger partial charge on any atom is 0.0637 e. The summed E-state index contributed by atoms with van der Waals surface area (Å²) in [6.07, 6.45) is 1.75. The van der Waals surface area contributed by atoms with Gasteiger partial charge in [0.2, 0.25) is 0 Å². The second-order valence-electron chi connectivity index (χ2n) is 5.80. The van der Waals surface area contributed by atoms with Gasteiger partial charge in [-0.1, -0.05) is 30.3 Å². The van der Waals surface area contributed by atoms with E-state index in [-0.39, 0.29) is 18.2 Å². The van der Waals surface area contributed by atoms with Gasteiger partial charge in [-0.25, -0.2) is 0 Å². The van der Waals surface area contributed by atoms with Gasteiger partial charge in [0.05, 0.1) is 12.2 Å². The van der Waals surface area contributed by atoms with Gasteiger partial charge in [0.15, 0.2) is 0 Å². The van der Waals surface area contributed by atoms with Crippen molar-refractivity contribution in [3.63, 3.8) is 0 Å². The van der Waals surface area contributed by atoms with E-state index in [1.54, 1.807) is 7.11 Å². The van der Waals surface area contributed by atoms with Crippen LogP contribution in [0.5, 0.6) is 0 Å². The molecule has 0 heterocycles. The summed E-state index contributed by atoms with van der Waals surface area (Å²) in [5.41, 5.74) is 1.10. The number of methoxy groups -OCH3 is 1. The predicted molar refractivity (Wildman–Crippen MR) is 79.3 cm³/mol. The predicted octanol–water partition coefficient (Wildman–Crippen LogP) is 2.38. The molecule has 0 aliphatic rings. The molecule has 3 heteroatoms. The first-order valence-corrected chi connectivity index (χ1v) is 6.93. The van der Waals surface area contributed by atoms with E-state index in [2.05, 4.69) is 38.2 Å². The molecule has 1 unspecified atom stereocenters. The van der Waals surface area contributed by atoms with Crippen LogP contribution in [0.25, 0.3) is 0 Å². The van der Waals surface area contributed by atoms with E-state index < -0.39 is 0 Å². The van der Waals surface area contributed by atoms with Crippen LogP contribution in [0.15, 0.2) is 30.3 Å². The molecule has 0 bridgehead atoms. The highest BCUT2D eigenvalue weighted by Crippen LogP contribution is 2.16. The number of hydrogen-bond acceptors (Lipinski definition) is 3. The van der Waals surface area contributed by atoms with Gasteiger partial charge < -0.3 is 15.2 Å². The van der Waals surface area contributed by atoms with Gasteiger partial charge in [-0.3, -0.25) is 0 Å². The maximum absolute atomic E-state index is 9.50. The molecule has 0 aliphatic carbocycles. The smallest absolute Gasteiger partial charge is 0.0637 e. The van der Waals surface area contributed by atoms with E-state index >= 15 is 0 Å². The highest BCUT2D eigenvalue weighted by molar-refractivity contribution is 5.15. The lowest BCUT2D eigenvalue weighted by molar-refractivity contribution is 0.00701. The summed E-state index contributed by atoms with van der Waals surface area (Å²) in [6.45, 7) is 6.44. The third-order valence-electron chi connectivity index (χ3n) is 3.42. The largest absolute Gasteiger partial charge is 0.395 e. The van der Waals surface area contributed by atoms with Crippen LogP contribution in [0.4, 0.5) is 0 Å². The molecule has 2 N–H and O–H groups in total. The van der Waals surface area contributed by atoms with Crippen molar-refractivity contribution >= 4 is 0 Å². The van der Waals surface area contributed by atoms with Crippen molar-refractivity contribution in [3.05, 3.63) is 35.9 Å². The van der Waals surface area contributed by atoms with Crippen LogP contribution in [0.3, 0.4) is 0 Å². The highest BCUT2D eigenvalue weighted by atomic mass is 16.5. The normalized spacial score (nSPS) is 15.2. The quantitative estimate of drug-likeness (QED) is 0.758. The second-order valence-corrected chi connectivity index (χ2v) is 5.80. The summed E-state index contributed by atoms with van der Waals surface area (Å²) in [6, 6.07) is 10.6. The van der Waals surface area contributed by atoms with Crippen molar-refractivity contribution in [2.45, 2.75) is 51.3 Å². The fourth-order valence-corrected chi connectivity index (χ4v) is 2.36. The van der Waals surface area contributed by atoms with Gasteiger partial charge in [-0.05, 0) is 39.2 Å². The Balaban J connectivity index is 2.48. The lowest BCUT2D eigenvalue weighted by atomic mass is 9.98. The average Bonchev–Trinajstić information content (AvgIpc) is 2.38. The molecule has 108 valence electrons. The molecule has 0 aliphatic heterocycles. The minimum Gasteiger partial charge on any atom is -0.395 e. The molecule has 0 aromatic heterocycles. The number of hydrogen-bond donors (Lipinski definition) is 2. The van der Waals surface area contributed by atoms with Gasteiger partial charge in [0.25, 0.3) is 0 Å². The fourth-order valence-electron chi connectivity index (χ4n) is 2.36. The summed E-state index contributed by atoms with van der Waals surface area (Å²) in [7, 11) is 1.74. The third kappa shape index (κ3) is 6.19.